The number of aromatic nitrogens is 1. The number of alkyl halides is 3. The average molecular weight is 651 g/mol. The summed E-state index contributed by atoms with van der Waals surface area (Å²) in [7, 11) is -3.84. The van der Waals surface area contributed by atoms with Crippen LogP contribution >= 0.6 is 34.2 Å². The van der Waals surface area contributed by atoms with E-state index >= 15 is 0 Å². The van der Waals surface area contributed by atoms with Gasteiger partial charge in [-0.2, -0.15) is 17.5 Å². The molecular formula is C23H19ClF3IN4O3S. The van der Waals surface area contributed by atoms with Crippen molar-refractivity contribution in [3.8, 4) is 0 Å². The normalized spacial score (nSPS) is 15.1. The molecule has 0 saturated carbocycles. The predicted octanol–water partition coefficient (Wildman–Crippen LogP) is 5.12. The summed E-state index contributed by atoms with van der Waals surface area (Å²) in [6.45, 7) is 0.411. The summed E-state index contributed by atoms with van der Waals surface area (Å²) >= 11 is 7.88. The van der Waals surface area contributed by atoms with Gasteiger partial charge in [-0.25, -0.2) is 13.4 Å². The molecule has 0 spiro atoms. The van der Waals surface area contributed by atoms with Gasteiger partial charge in [0, 0.05) is 41.0 Å². The standard InChI is InChI=1S/C23H19ClF3IN4O3S/c24-20-13-16(23(25,26)27)14-21(30-20)31-8-10-32(11-9-31)36(34,35)19-6-4-18(5-7-19)29-22(33)15-2-1-3-17(28)12-15/h1-7,12-14H,8-11H2,(H,29,33). The topological polar surface area (TPSA) is 82.6 Å². The zero-order valence-corrected chi connectivity index (χ0v) is 22.2. The van der Waals surface area contributed by atoms with E-state index in [1.165, 1.54) is 28.6 Å². The Bertz CT molecular complexity index is 1380. The van der Waals surface area contributed by atoms with Gasteiger partial charge in [-0.3, -0.25) is 4.79 Å². The van der Waals surface area contributed by atoms with E-state index in [-0.39, 0.29) is 48.0 Å². The molecule has 1 saturated heterocycles. The molecule has 1 aliphatic heterocycles. The number of hydrogen-bond donors (Lipinski definition) is 1. The maximum atomic E-state index is 13.1. The van der Waals surface area contributed by atoms with Crippen molar-refractivity contribution in [1.82, 2.24) is 9.29 Å². The van der Waals surface area contributed by atoms with E-state index in [9.17, 15) is 26.4 Å². The second kappa shape index (κ2) is 10.5. The van der Waals surface area contributed by atoms with Crippen molar-refractivity contribution in [2.24, 2.45) is 0 Å². The van der Waals surface area contributed by atoms with Crippen LogP contribution in [0.25, 0.3) is 0 Å². The van der Waals surface area contributed by atoms with E-state index < -0.39 is 21.8 Å². The molecule has 190 valence electrons. The molecule has 36 heavy (non-hydrogen) atoms. The predicted molar refractivity (Wildman–Crippen MR) is 139 cm³/mol. The number of nitrogens with zero attached hydrogens (tertiary/aromatic N) is 3. The van der Waals surface area contributed by atoms with Gasteiger partial charge in [0.15, 0.2) is 0 Å². The lowest BCUT2D eigenvalue weighted by Gasteiger charge is -2.35. The van der Waals surface area contributed by atoms with Gasteiger partial charge >= 0.3 is 6.18 Å². The number of sulfonamides is 1. The van der Waals surface area contributed by atoms with Crippen molar-refractivity contribution in [2.75, 3.05) is 36.4 Å². The molecular weight excluding hydrogens is 632 g/mol. The lowest BCUT2D eigenvalue weighted by molar-refractivity contribution is -0.137. The minimum absolute atomic E-state index is 0.0417. The molecule has 4 rings (SSSR count). The van der Waals surface area contributed by atoms with Crippen LogP contribution < -0.4 is 10.2 Å². The van der Waals surface area contributed by atoms with Crippen LogP contribution in [0.2, 0.25) is 5.15 Å². The van der Waals surface area contributed by atoms with Crippen molar-refractivity contribution in [2.45, 2.75) is 11.1 Å². The first kappa shape index (κ1) is 26.6. The van der Waals surface area contributed by atoms with Gasteiger partial charge in [0.05, 0.1) is 10.5 Å². The first-order valence-corrected chi connectivity index (χ1v) is 13.5. The van der Waals surface area contributed by atoms with Gasteiger partial charge in [-0.1, -0.05) is 17.7 Å². The molecule has 0 unspecified atom stereocenters. The highest BCUT2D eigenvalue weighted by Crippen LogP contribution is 2.33. The third kappa shape index (κ3) is 6.10. The summed E-state index contributed by atoms with van der Waals surface area (Å²) < 4.78 is 67.7. The summed E-state index contributed by atoms with van der Waals surface area (Å²) in [5.41, 5.74) is 0.00452. The molecule has 13 heteroatoms. The fourth-order valence-corrected chi connectivity index (χ4v) is 5.83. The number of benzene rings is 2. The van der Waals surface area contributed by atoms with Gasteiger partial charge in [0.25, 0.3) is 5.91 Å². The molecule has 7 nitrogen and oxygen atoms in total. The molecule has 1 N–H and O–H groups in total. The zero-order chi connectivity index (χ0) is 26.1. The smallest absolute Gasteiger partial charge is 0.354 e. The van der Waals surface area contributed by atoms with Gasteiger partial charge in [0.2, 0.25) is 10.0 Å². The van der Waals surface area contributed by atoms with Gasteiger partial charge in [-0.05, 0) is 77.2 Å². The Kier molecular flexibility index (Phi) is 7.78. The van der Waals surface area contributed by atoms with Crippen LogP contribution in [0.3, 0.4) is 0 Å². The minimum atomic E-state index is -4.57. The van der Waals surface area contributed by atoms with E-state index in [1.54, 1.807) is 23.1 Å². The molecule has 0 radical (unpaired) electrons. The number of piperazine rings is 1. The Morgan fingerprint density at radius 3 is 2.28 bits per heavy atom. The monoisotopic (exact) mass is 650 g/mol. The maximum absolute atomic E-state index is 13.1. The van der Waals surface area contributed by atoms with Crippen LogP contribution in [0, 0.1) is 3.57 Å². The fraction of sp³-hybridized carbons (Fsp3) is 0.217. The van der Waals surface area contributed by atoms with Crippen molar-refractivity contribution in [3.63, 3.8) is 0 Å². The van der Waals surface area contributed by atoms with E-state index in [0.717, 1.165) is 15.7 Å². The highest BCUT2D eigenvalue weighted by Gasteiger charge is 2.33. The Labute approximate surface area is 224 Å². The Balaban J connectivity index is 1.42. The van der Waals surface area contributed by atoms with Gasteiger partial charge in [-0.15, -0.1) is 0 Å². The Morgan fingerprint density at radius 2 is 1.67 bits per heavy atom. The molecule has 3 aromatic rings. The summed E-state index contributed by atoms with van der Waals surface area (Å²) in [5.74, 6) is -0.274. The number of hydrogen-bond acceptors (Lipinski definition) is 5. The lowest BCUT2D eigenvalue weighted by atomic mass is 10.2. The van der Waals surface area contributed by atoms with Crippen LogP contribution in [0.4, 0.5) is 24.7 Å². The maximum Gasteiger partial charge on any atom is 0.416 e. The summed E-state index contributed by atoms with van der Waals surface area (Å²) in [6, 6.07) is 14.5. The number of pyridine rings is 1. The van der Waals surface area contributed by atoms with E-state index in [4.69, 9.17) is 11.6 Å². The first-order valence-electron chi connectivity index (χ1n) is 10.6. The molecule has 2 aromatic carbocycles. The van der Waals surface area contributed by atoms with Gasteiger partial charge in [0.1, 0.15) is 11.0 Å². The van der Waals surface area contributed by atoms with Crippen LogP contribution in [-0.2, 0) is 16.2 Å². The van der Waals surface area contributed by atoms with E-state index in [2.05, 4.69) is 32.9 Å². The minimum Gasteiger partial charge on any atom is -0.354 e. The molecule has 1 aromatic heterocycles. The van der Waals surface area contributed by atoms with Gasteiger partial charge < -0.3 is 10.2 Å². The molecule has 1 aliphatic rings. The molecule has 0 bridgehead atoms. The number of halogens is 5. The summed E-state index contributed by atoms with van der Waals surface area (Å²) in [6.07, 6.45) is -4.57. The van der Waals surface area contributed by atoms with E-state index in [0.29, 0.717) is 11.3 Å². The van der Waals surface area contributed by atoms with Crippen molar-refractivity contribution >= 4 is 61.6 Å². The number of carbonyl (C=O) groups excluding carboxylic acids is 1. The molecule has 2 heterocycles. The number of nitrogens with one attached hydrogen (secondary N) is 1. The summed E-state index contributed by atoms with van der Waals surface area (Å²) in [5, 5.41) is 2.44. The second-order valence-corrected chi connectivity index (χ2v) is 11.5. The fourth-order valence-electron chi connectivity index (χ4n) is 3.66. The van der Waals surface area contributed by atoms with Crippen molar-refractivity contribution in [3.05, 3.63) is 80.5 Å². The van der Waals surface area contributed by atoms with E-state index in [1.807, 2.05) is 6.07 Å². The first-order chi connectivity index (χ1) is 16.9. The molecule has 1 amide bonds. The number of anilines is 2. The largest absolute Gasteiger partial charge is 0.416 e. The molecule has 0 aliphatic carbocycles. The van der Waals surface area contributed by atoms with Crippen LogP contribution in [0.15, 0.2) is 65.6 Å². The van der Waals surface area contributed by atoms with Crippen molar-refractivity contribution in [1.29, 1.82) is 0 Å². The lowest BCUT2D eigenvalue weighted by Crippen LogP contribution is -2.49. The third-order valence-corrected chi connectivity index (χ3v) is 8.28. The Hall–Kier alpha value is -2.42. The summed E-state index contributed by atoms with van der Waals surface area (Å²) in [4.78, 5) is 18.0. The van der Waals surface area contributed by atoms with Crippen molar-refractivity contribution < 1.29 is 26.4 Å². The highest BCUT2D eigenvalue weighted by atomic mass is 127. The SMILES string of the molecule is O=C(Nc1ccc(S(=O)(=O)N2CCN(c3cc(C(F)(F)F)cc(Cl)n3)CC2)cc1)c1cccc(I)c1. The highest BCUT2D eigenvalue weighted by molar-refractivity contribution is 14.1. The number of amides is 1. The van der Waals surface area contributed by atoms with Crippen LogP contribution in [-0.4, -0.2) is 49.8 Å². The number of rotatable bonds is 5. The molecule has 1 fully saturated rings. The van der Waals surface area contributed by atoms with Crippen LogP contribution in [0.5, 0.6) is 0 Å². The number of carbonyl (C=O) groups is 1. The Morgan fingerprint density at radius 1 is 1.00 bits per heavy atom. The molecule has 0 atom stereocenters. The quantitative estimate of drug-likeness (QED) is 0.306. The third-order valence-electron chi connectivity index (χ3n) is 5.51. The average Bonchev–Trinajstić information content (AvgIpc) is 2.83. The zero-order valence-electron chi connectivity index (χ0n) is 18.5. The van der Waals surface area contributed by atoms with Crippen LogP contribution in [0.1, 0.15) is 15.9 Å². The second-order valence-electron chi connectivity index (χ2n) is 7.91.